The molecule has 25 heavy (non-hydrogen) atoms. The van der Waals surface area contributed by atoms with Gasteiger partial charge in [0.05, 0.1) is 10.5 Å². The first kappa shape index (κ1) is 18.5. The molecule has 0 unspecified atom stereocenters. The summed E-state index contributed by atoms with van der Waals surface area (Å²) in [4.78, 5) is 10.2. The largest absolute Gasteiger partial charge is 0.673 e. The highest BCUT2D eigenvalue weighted by molar-refractivity contribution is 7.17. The zero-order valence-corrected chi connectivity index (χ0v) is 13.1. The maximum Gasteiger partial charge on any atom is 0.673 e. The summed E-state index contributed by atoms with van der Waals surface area (Å²) in [5.41, 5.74) is 1.82. The van der Waals surface area contributed by atoms with Crippen LogP contribution in [0.3, 0.4) is 0 Å². The SMILES string of the molecule is F[B-](F)(F)F.O=[N+]([O-])c1ccc(-c2n[o+]c(-c3ccccc3)s2)cc1. The molecule has 0 bridgehead atoms. The van der Waals surface area contributed by atoms with Crippen LogP contribution < -0.4 is 0 Å². The minimum absolute atomic E-state index is 0.0607. The van der Waals surface area contributed by atoms with Crippen molar-refractivity contribution in [3.63, 3.8) is 0 Å². The van der Waals surface area contributed by atoms with Gasteiger partial charge in [-0.25, -0.2) is 0 Å². The monoisotopic (exact) mass is 372 g/mol. The molecule has 0 N–H and O–H groups in total. The van der Waals surface area contributed by atoms with E-state index in [1.54, 1.807) is 12.1 Å². The Morgan fingerprint density at radius 1 is 0.960 bits per heavy atom. The van der Waals surface area contributed by atoms with Crippen LogP contribution >= 0.6 is 11.3 Å². The second-order valence-corrected chi connectivity index (χ2v) is 5.50. The highest BCUT2D eigenvalue weighted by atomic mass is 32.1. The lowest BCUT2D eigenvalue weighted by Gasteiger charge is -1.94. The average Bonchev–Trinajstić information content (AvgIpc) is 3.04. The quantitative estimate of drug-likeness (QED) is 0.199. The standard InChI is InChI=1S/C14H9N2O3S.BF4/c17-16(18)12-8-6-10(7-9-12)13-15-19-14(20-13)11-4-2-1-3-5-11;2-1(3,4)5/h1-9H;/q+1;-1. The maximum absolute atomic E-state index is 10.6. The number of nitro groups is 1. The Hall–Kier alpha value is -2.82. The van der Waals surface area contributed by atoms with E-state index in [2.05, 4.69) is 5.16 Å². The first-order valence-electron chi connectivity index (χ1n) is 6.71. The molecule has 0 aliphatic carbocycles. The van der Waals surface area contributed by atoms with E-state index in [4.69, 9.17) is 4.52 Å². The molecule has 0 saturated heterocycles. The molecule has 0 atom stereocenters. The van der Waals surface area contributed by atoms with Crippen molar-refractivity contribution in [2.45, 2.75) is 0 Å². The molecule has 0 aliphatic heterocycles. The number of benzene rings is 2. The van der Waals surface area contributed by atoms with E-state index in [1.165, 1.54) is 23.5 Å². The zero-order valence-electron chi connectivity index (χ0n) is 12.3. The number of hydrogen-bond donors (Lipinski definition) is 0. The Balaban J connectivity index is 0.000000399. The summed E-state index contributed by atoms with van der Waals surface area (Å²) < 4.78 is 44.3. The van der Waals surface area contributed by atoms with Gasteiger partial charge in [0.15, 0.2) is 5.16 Å². The summed E-state index contributed by atoms with van der Waals surface area (Å²) in [6, 6.07) is 15.9. The predicted molar refractivity (Wildman–Crippen MR) is 86.5 cm³/mol. The summed E-state index contributed by atoms with van der Waals surface area (Å²) in [7, 11) is -6.00. The molecule has 0 amide bonds. The van der Waals surface area contributed by atoms with E-state index in [1.807, 2.05) is 30.3 Å². The fourth-order valence-corrected chi connectivity index (χ4v) is 2.56. The van der Waals surface area contributed by atoms with Crippen molar-refractivity contribution in [1.82, 2.24) is 5.16 Å². The van der Waals surface area contributed by atoms with Gasteiger partial charge in [-0.05, 0) is 35.6 Å². The van der Waals surface area contributed by atoms with Crippen LogP contribution in [-0.2, 0) is 0 Å². The molecule has 0 radical (unpaired) electrons. The van der Waals surface area contributed by atoms with Crippen LogP contribution in [0.15, 0.2) is 59.1 Å². The highest BCUT2D eigenvalue weighted by Crippen LogP contribution is 2.32. The molecular weight excluding hydrogens is 363 g/mol. The van der Waals surface area contributed by atoms with Gasteiger partial charge in [0.25, 0.3) is 5.69 Å². The van der Waals surface area contributed by atoms with Crippen LogP contribution in [0.25, 0.3) is 21.2 Å². The molecule has 0 saturated carbocycles. The van der Waals surface area contributed by atoms with Gasteiger partial charge in [-0.2, -0.15) is 0 Å². The number of rotatable bonds is 3. The van der Waals surface area contributed by atoms with E-state index >= 15 is 0 Å². The van der Waals surface area contributed by atoms with Crippen LogP contribution in [0.1, 0.15) is 0 Å². The van der Waals surface area contributed by atoms with Gasteiger partial charge in [-0.1, -0.05) is 22.7 Å². The van der Waals surface area contributed by atoms with Gasteiger partial charge in [0.1, 0.15) is 0 Å². The maximum atomic E-state index is 10.6. The fraction of sp³-hybridized carbons (Fsp3) is 0. The van der Waals surface area contributed by atoms with Crippen LogP contribution in [-0.4, -0.2) is 17.3 Å². The molecule has 0 fully saturated rings. The molecule has 1 aromatic heterocycles. The molecule has 0 spiro atoms. The molecule has 11 heteroatoms. The van der Waals surface area contributed by atoms with Crippen molar-refractivity contribution >= 4 is 24.3 Å². The molecule has 0 aliphatic rings. The zero-order chi connectivity index (χ0) is 18.4. The van der Waals surface area contributed by atoms with Crippen LogP contribution in [0.5, 0.6) is 0 Å². The second-order valence-electron chi connectivity index (χ2n) is 4.54. The van der Waals surface area contributed by atoms with E-state index in [-0.39, 0.29) is 5.69 Å². The normalized spacial score (nSPS) is 10.7. The second kappa shape index (κ2) is 7.84. The van der Waals surface area contributed by atoms with Crippen molar-refractivity contribution in [2.24, 2.45) is 0 Å². The Kier molecular flexibility index (Phi) is 5.81. The predicted octanol–water partition coefficient (Wildman–Crippen LogP) is 5.56. The van der Waals surface area contributed by atoms with E-state index in [0.717, 1.165) is 11.1 Å². The van der Waals surface area contributed by atoms with Gasteiger partial charge in [-0.3, -0.25) is 10.1 Å². The van der Waals surface area contributed by atoms with Gasteiger partial charge >= 0.3 is 12.3 Å². The van der Waals surface area contributed by atoms with E-state index < -0.39 is 12.2 Å². The Bertz CT molecular complexity index is 835. The third-order valence-corrected chi connectivity index (χ3v) is 3.73. The smallest absolute Gasteiger partial charge is 0.418 e. The molecule has 3 aromatic rings. The molecule has 3 rings (SSSR count). The third kappa shape index (κ3) is 5.96. The number of nitrogens with zero attached hydrogens (tertiary/aromatic N) is 2. The van der Waals surface area contributed by atoms with Gasteiger partial charge < -0.3 is 17.3 Å². The van der Waals surface area contributed by atoms with Crippen molar-refractivity contribution in [1.29, 1.82) is 0 Å². The van der Waals surface area contributed by atoms with Crippen molar-refractivity contribution in [3.05, 3.63) is 64.7 Å². The van der Waals surface area contributed by atoms with Crippen molar-refractivity contribution in [3.8, 4) is 21.2 Å². The first-order chi connectivity index (χ1) is 11.7. The Morgan fingerprint density at radius 3 is 2.04 bits per heavy atom. The van der Waals surface area contributed by atoms with Gasteiger partial charge in [0.2, 0.25) is 5.01 Å². The average molecular weight is 372 g/mol. The van der Waals surface area contributed by atoms with Gasteiger partial charge in [-0.15, -0.1) is 0 Å². The highest BCUT2D eigenvalue weighted by Gasteiger charge is 2.21. The Labute approximate surface area is 142 Å². The number of hydrogen-bond acceptors (Lipinski definition) is 4. The van der Waals surface area contributed by atoms with Crippen LogP contribution in [0.2, 0.25) is 0 Å². The number of halogens is 4. The van der Waals surface area contributed by atoms with Crippen molar-refractivity contribution in [2.75, 3.05) is 0 Å². The van der Waals surface area contributed by atoms with Crippen LogP contribution in [0.4, 0.5) is 23.0 Å². The molecule has 2 aromatic carbocycles. The molecule has 130 valence electrons. The lowest BCUT2D eigenvalue weighted by molar-refractivity contribution is -0.384. The molecule has 1 heterocycles. The number of nitro benzene ring substituents is 1. The summed E-state index contributed by atoms with van der Waals surface area (Å²) in [6.07, 6.45) is 0. The topological polar surface area (TPSA) is 67.3 Å². The lowest BCUT2D eigenvalue weighted by atomic mass is 10.2. The minimum atomic E-state index is -6.00. The van der Waals surface area contributed by atoms with E-state index in [0.29, 0.717) is 10.1 Å². The molecular formula is C14H9BF4N2O3S. The molecule has 5 nitrogen and oxygen atoms in total. The van der Waals surface area contributed by atoms with Gasteiger partial charge in [0, 0.05) is 17.7 Å². The Morgan fingerprint density at radius 2 is 1.52 bits per heavy atom. The lowest BCUT2D eigenvalue weighted by Crippen LogP contribution is -2.02. The summed E-state index contributed by atoms with van der Waals surface area (Å²) in [6.45, 7) is 0. The fourth-order valence-electron chi connectivity index (χ4n) is 1.73. The third-order valence-electron chi connectivity index (χ3n) is 2.74. The summed E-state index contributed by atoms with van der Waals surface area (Å²) in [5, 5.41) is 16.0. The first-order valence-corrected chi connectivity index (χ1v) is 7.53. The van der Waals surface area contributed by atoms with E-state index in [9.17, 15) is 27.4 Å². The minimum Gasteiger partial charge on any atom is -0.418 e. The number of non-ortho nitro benzene ring substituents is 1. The van der Waals surface area contributed by atoms with Crippen LogP contribution in [0, 0.1) is 10.1 Å². The number of aromatic nitrogens is 1. The summed E-state index contributed by atoms with van der Waals surface area (Å²) in [5.74, 6) is 0. The summed E-state index contributed by atoms with van der Waals surface area (Å²) >= 11 is 1.41. The van der Waals surface area contributed by atoms with Crippen molar-refractivity contribution < 1.29 is 26.7 Å².